The van der Waals surface area contributed by atoms with E-state index in [0.29, 0.717) is 19.6 Å². The van der Waals surface area contributed by atoms with Gasteiger partial charge in [0.25, 0.3) is 0 Å². The van der Waals surface area contributed by atoms with Crippen LogP contribution in [0.5, 0.6) is 0 Å². The molecule has 3 nitrogen and oxygen atoms in total. The third kappa shape index (κ3) is 2.19. The zero-order chi connectivity index (χ0) is 9.19. The van der Waals surface area contributed by atoms with Crippen molar-refractivity contribution in [3.8, 4) is 0 Å². The second-order valence-corrected chi connectivity index (χ2v) is 3.73. The zero-order valence-electron chi connectivity index (χ0n) is 8.04. The van der Waals surface area contributed by atoms with Crippen molar-refractivity contribution in [2.75, 3.05) is 13.2 Å². The van der Waals surface area contributed by atoms with Crippen molar-refractivity contribution < 1.29 is 14.6 Å². The van der Waals surface area contributed by atoms with Gasteiger partial charge in [0.05, 0.1) is 25.4 Å². The van der Waals surface area contributed by atoms with Crippen molar-refractivity contribution in [3.63, 3.8) is 0 Å². The molecule has 1 heterocycles. The minimum Gasteiger partial charge on any atom is -0.385 e. The maximum absolute atomic E-state index is 9.96. The van der Waals surface area contributed by atoms with Gasteiger partial charge in [0.1, 0.15) is 5.60 Å². The molecule has 3 heteroatoms. The average molecular weight is 174 g/mol. The second-order valence-electron chi connectivity index (χ2n) is 3.73. The van der Waals surface area contributed by atoms with Crippen LogP contribution in [-0.2, 0) is 9.47 Å². The van der Waals surface area contributed by atoms with E-state index in [0.717, 1.165) is 0 Å². The summed E-state index contributed by atoms with van der Waals surface area (Å²) in [6, 6.07) is 0. The lowest BCUT2D eigenvalue weighted by Gasteiger charge is -2.26. The van der Waals surface area contributed by atoms with Gasteiger partial charge in [-0.3, -0.25) is 0 Å². The third-order valence-corrected chi connectivity index (χ3v) is 2.33. The molecule has 1 aliphatic heterocycles. The Morgan fingerprint density at radius 2 is 2.33 bits per heavy atom. The van der Waals surface area contributed by atoms with Crippen LogP contribution in [0.2, 0.25) is 0 Å². The van der Waals surface area contributed by atoms with Crippen LogP contribution in [-0.4, -0.2) is 36.1 Å². The number of hydrogen-bond acceptors (Lipinski definition) is 3. The Kier molecular flexibility index (Phi) is 3.09. The summed E-state index contributed by atoms with van der Waals surface area (Å²) in [6.45, 7) is 6.83. The first-order chi connectivity index (χ1) is 5.54. The molecular formula is C9H18O3. The Hall–Kier alpha value is -0.120. The molecule has 0 aromatic rings. The molecule has 2 atom stereocenters. The lowest BCUT2D eigenvalue weighted by molar-refractivity contribution is -0.0949. The molecule has 0 radical (unpaired) electrons. The monoisotopic (exact) mass is 174 g/mol. The van der Waals surface area contributed by atoms with Crippen LogP contribution in [0.25, 0.3) is 0 Å². The molecule has 0 amide bonds. The molecule has 2 unspecified atom stereocenters. The van der Waals surface area contributed by atoms with Crippen LogP contribution in [0.1, 0.15) is 27.2 Å². The van der Waals surface area contributed by atoms with Crippen LogP contribution >= 0.6 is 0 Å². The van der Waals surface area contributed by atoms with Gasteiger partial charge in [-0.2, -0.15) is 0 Å². The van der Waals surface area contributed by atoms with Gasteiger partial charge in [-0.1, -0.05) is 0 Å². The predicted octanol–water partition coefficient (Wildman–Crippen LogP) is 0.951. The molecule has 0 bridgehead atoms. The van der Waals surface area contributed by atoms with E-state index in [4.69, 9.17) is 9.47 Å². The molecule has 1 saturated heterocycles. The molecule has 0 aromatic carbocycles. The summed E-state index contributed by atoms with van der Waals surface area (Å²) in [5.74, 6) is 0. The number of aliphatic hydroxyl groups is 1. The predicted molar refractivity (Wildman–Crippen MR) is 46.1 cm³/mol. The number of ether oxygens (including phenoxy) is 2. The van der Waals surface area contributed by atoms with E-state index in [-0.39, 0.29) is 12.2 Å². The third-order valence-electron chi connectivity index (χ3n) is 2.33. The van der Waals surface area contributed by atoms with Crippen LogP contribution in [0.3, 0.4) is 0 Å². The summed E-state index contributed by atoms with van der Waals surface area (Å²) in [5.41, 5.74) is -0.760. The molecule has 1 rings (SSSR count). The van der Waals surface area contributed by atoms with E-state index in [1.54, 1.807) is 0 Å². The normalized spacial score (nSPS) is 36.2. The van der Waals surface area contributed by atoms with Gasteiger partial charge in [-0.15, -0.1) is 0 Å². The van der Waals surface area contributed by atoms with Crippen molar-refractivity contribution in [2.24, 2.45) is 0 Å². The summed E-state index contributed by atoms with van der Waals surface area (Å²) in [5, 5.41) is 9.96. The van der Waals surface area contributed by atoms with E-state index in [9.17, 15) is 5.11 Å². The minimum atomic E-state index is -0.760. The summed E-state index contributed by atoms with van der Waals surface area (Å²) in [4.78, 5) is 0. The molecule has 0 spiro atoms. The largest absolute Gasteiger partial charge is 0.385 e. The first-order valence-corrected chi connectivity index (χ1v) is 4.50. The average Bonchev–Trinajstić information content (AvgIpc) is 2.30. The molecule has 0 aromatic heterocycles. The fourth-order valence-corrected chi connectivity index (χ4v) is 1.27. The standard InChI is InChI=1S/C9H18O3/c1-7(2)12-6-9(10)4-5-11-8(9)3/h7-8,10H,4-6H2,1-3H3. The van der Waals surface area contributed by atoms with E-state index in [1.165, 1.54) is 0 Å². The van der Waals surface area contributed by atoms with Crippen LogP contribution < -0.4 is 0 Å². The highest BCUT2D eigenvalue weighted by Crippen LogP contribution is 2.26. The van der Waals surface area contributed by atoms with Gasteiger partial charge in [0, 0.05) is 6.42 Å². The Balaban J connectivity index is 2.37. The van der Waals surface area contributed by atoms with Gasteiger partial charge in [-0.05, 0) is 20.8 Å². The highest BCUT2D eigenvalue weighted by atomic mass is 16.5. The number of hydrogen-bond donors (Lipinski definition) is 1. The molecule has 1 aliphatic rings. The SMILES string of the molecule is CC(C)OCC1(O)CCOC1C. The highest BCUT2D eigenvalue weighted by Gasteiger charge is 2.39. The van der Waals surface area contributed by atoms with E-state index in [1.807, 2.05) is 20.8 Å². The van der Waals surface area contributed by atoms with Gasteiger partial charge >= 0.3 is 0 Å². The molecular weight excluding hydrogens is 156 g/mol. The van der Waals surface area contributed by atoms with Crippen LogP contribution in [0, 0.1) is 0 Å². The van der Waals surface area contributed by atoms with Crippen molar-refractivity contribution in [3.05, 3.63) is 0 Å². The molecule has 0 saturated carbocycles. The Morgan fingerprint density at radius 3 is 2.75 bits per heavy atom. The topological polar surface area (TPSA) is 38.7 Å². The molecule has 0 aliphatic carbocycles. The fourth-order valence-electron chi connectivity index (χ4n) is 1.27. The van der Waals surface area contributed by atoms with Crippen molar-refractivity contribution in [2.45, 2.75) is 45.0 Å². The summed E-state index contributed by atoms with van der Waals surface area (Å²) in [7, 11) is 0. The lowest BCUT2D eigenvalue weighted by Crippen LogP contribution is -2.41. The maximum atomic E-state index is 9.96. The van der Waals surface area contributed by atoms with Crippen LogP contribution in [0.4, 0.5) is 0 Å². The van der Waals surface area contributed by atoms with Gasteiger partial charge < -0.3 is 14.6 Å². The van der Waals surface area contributed by atoms with Gasteiger partial charge in [0.15, 0.2) is 0 Å². The Morgan fingerprint density at radius 1 is 1.67 bits per heavy atom. The molecule has 12 heavy (non-hydrogen) atoms. The summed E-state index contributed by atoms with van der Waals surface area (Å²) < 4.78 is 10.6. The van der Waals surface area contributed by atoms with Crippen molar-refractivity contribution >= 4 is 0 Å². The smallest absolute Gasteiger partial charge is 0.116 e. The highest BCUT2D eigenvalue weighted by molar-refractivity contribution is 4.89. The molecule has 72 valence electrons. The minimum absolute atomic E-state index is 0.101. The van der Waals surface area contributed by atoms with E-state index in [2.05, 4.69) is 0 Å². The quantitative estimate of drug-likeness (QED) is 0.692. The summed E-state index contributed by atoms with van der Waals surface area (Å²) >= 11 is 0. The first kappa shape index (κ1) is 9.96. The van der Waals surface area contributed by atoms with E-state index >= 15 is 0 Å². The van der Waals surface area contributed by atoms with Gasteiger partial charge in [0.2, 0.25) is 0 Å². The second kappa shape index (κ2) is 3.73. The van der Waals surface area contributed by atoms with Crippen molar-refractivity contribution in [1.29, 1.82) is 0 Å². The summed E-state index contributed by atoms with van der Waals surface area (Å²) in [6.07, 6.45) is 0.749. The Labute approximate surface area is 73.7 Å². The Bertz CT molecular complexity index is 147. The first-order valence-electron chi connectivity index (χ1n) is 4.50. The molecule has 1 fully saturated rings. The fraction of sp³-hybridized carbons (Fsp3) is 1.00. The van der Waals surface area contributed by atoms with Crippen LogP contribution in [0.15, 0.2) is 0 Å². The zero-order valence-corrected chi connectivity index (χ0v) is 8.04. The lowest BCUT2D eigenvalue weighted by atomic mass is 9.98. The van der Waals surface area contributed by atoms with E-state index < -0.39 is 5.60 Å². The maximum Gasteiger partial charge on any atom is 0.116 e. The van der Waals surface area contributed by atoms with Crippen molar-refractivity contribution in [1.82, 2.24) is 0 Å². The number of rotatable bonds is 3. The van der Waals surface area contributed by atoms with Gasteiger partial charge in [-0.25, -0.2) is 0 Å². The molecule has 1 N–H and O–H groups in total.